The highest BCUT2D eigenvalue weighted by Gasteiger charge is 2.24. The molecule has 35 heavy (non-hydrogen) atoms. The lowest BCUT2D eigenvalue weighted by Crippen LogP contribution is -2.41. The standard InChI is InChI=1S/C25H35ClIN3O5/c1-25(2,18-6-9-24(23(27)10-18)35-15-20(32)11-26)17-4-7-22(8-5-17)34-16-21(33)13-30(28)19(14-31)12-29-3/h4-10,12,20-21,29,31-33H,11,13-16,28H2,1-3H3/b19-12-/t20-,21-/m1/s1. The van der Waals surface area contributed by atoms with Gasteiger partial charge in [-0.1, -0.05) is 32.0 Å². The molecule has 0 heterocycles. The minimum Gasteiger partial charge on any atom is -0.491 e. The van der Waals surface area contributed by atoms with Gasteiger partial charge in [0.25, 0.3) is 0 Å². The molecule has 0 spiro atoms. The van der Waals surface area contributed by atoms with Gasteiger partial charge in [0.05, 0.1) is 28.3 Å². The number of hydrazine groups is 1. The maximum absolute atomic E-state index is 10.2. The van der Waals surface area contributed by atoms with Gasteiger partial charge in [-0.25, -0.2) is 5.84 Å². The first-order valence-corrected chi connectivity index (χ1v) is 12.8. The molecule has 0 saturated heterocycles. The van der Waals surface area contributed by atoms with Gasteiger partial charge in [-0.3, -0.25) is 0 Å². The molecule has 0 saturated carbocycles. The second-order valence-corrected chi connectivity index (χ2v) is 10.1. The molecular weight excluding hydrogens is 585 g/mol. The number of alkyl halides is 1. The number of rotatable bonds is 14. The van der Waals surface area contributed by atoms with Crippen LogP contribution >= 0.6 is 34.2 Å². The SMILES string of the molecule is CN/C=C(/CO)N(N)C[C@@H](O)COc1ccc(C(C)(C)c2ccc(OC[C@H](O)CCl)c(I)c2)cc1. The molecule has 0 aromatic heterocycles. The lowest BCUT2D eigenvalue weighted by molar-refractivity contribution is 0.0744. The number of aliphatic hydroxyl groups is 3. The minimum absolute atomic E-state index is 0.0623. The summed E-state index contributed by atoms with van der Waals surface area (Å²) in [6.45, 7) is 4.37. The summed E-state index contributed by atoms with van der Waals surface area (Å²) in [5.74, 6) is 7.36. The highest BCUT2D eigenvalue weighted by atomic mass is 127. The van der Waals surface area contributed by atoms with Gasteiger partial charge in [-0.2, -0.15) is 0 Å². The highest BCUT2D eigenvalue weighted by Crippen LogP contribution is 2.35. The maximum atomic E-state index is 10.2. The third kappa shape index (κ3) is 8.69. The van der Waals surface area contributed by atoms with Crippen LogP contribution in [0.15, 0.2) is 54.4 Å². The van der Waals surface area contributed by atoms with E-state index in [1.165, 1.54) is 5.01 Å². The van der Waals surface area contributed by atoms with Gasteiger partial charge in [-0.05, 0) is 58.0 Å². The summed E-state index contributed by atoms with van der Waals surface area (Å²) in [4.78, 5) is 0. The molecule has 0 unspecified atom stereocenters. The van der Waals surface area contributed by atoms with E-state index in [2.05, 4.69) is 47.8 Å². The third-order valence-electron chi connectivity index (χ3n) is 5.53. The molecule has 2 aromatic carbocycles. The summed E-state index contributed by atoms with van der Waals surface area (Å²) >= 11 is 7.86. The van der Waals surface area contributed by atoms with E-state index in [-0.39, 0.29) is 37.7 Å². The van der Waals surface area contributed by atoms with E-state index in [0.717, 1.165) is 14.7 Å². The Labute approximate surface area is 225 Å². The Kier molecular flexibility index (Phi) is 11.9. The smallest absolute Gasteiger partial charge is 0.132 e. The molecule has 2 rings (SSSR count). The van der Waals surface area contributed by atoms with Crippen LogP contribution in [0.3, 0.4) is 0 Å². The molecule has 0 fully saturated rings. The van der Waals surface area contributed by atoms with Crippen molar-refractivity contribution in [3.63, 3.8) is 0 Å². The van der Waals surface area contributed by atoms with Crippen molar-refractivity contribution >= 4 is 34.2 Å². The number of halogens is 2. The number of ether oxygens (including phenoxy) is 2. The van der Waals surface area contributed by atoms with Gasteiger partial charge in [0.1, 0.15) is 36.9 Å². The second kappa shape index (κ2) is 14.1. The predicted molar refractivity (Wildman–Crippen MR) is 147 cm³/mol. The van der Waals surface area contributed by atoms with Gasteiger partial charge in [0.2, 0.25) is 0 Å². The molecule has 10 heteroatoms. The van der Waals surface area contributed by atoms with E-state index in [0.29, 0.717) is 17.2 Å². The Morgan fingerprint density at radius 2 is 1.74 bits per heavy atom. The number of benzene rings is 2. The third-order valence-corrected chi connectivity index (χ3v) is 6.73. The molecule has 2 aromatic rings. The van der Waals surface area contributed by atoms with Crippen molar-refractivity contribution in [1.29, 1.82) is 0 Å². The van der Waals surface area contributed by atoms with Crippen molar-refractivity contribution in [3.8, 4) is 11.5 Å². The van der Waals surface area contributed by atoms with E-state index in [9.17, 15) is 15.3 Å². The Bertz CT molecular complexity index is 959. The fraction of sp³-hybridized carbons (Fsp3) is 0.440. The predicted octanol–water partition coefficient (Wildman–Crippen LogP) is 2.56. The van der Waals surface area contributed by atoms with Crippen LogP contribution in [0.1, 0.15) is 25.0 Å². The largest absolute Gasteiger partial charge is 0.491 e. The zero-order chi connectivity index (χ0) is 26.0. The molecule has 0 aliphatic rings. The molecule has 0 radical (unpaired) electrons. The Morgan fingerprint density at radius 1 is 1.11 bits per heavy atom. The van der Waals surface area contributed by atoms with Crippen molar-refractivity contribution in [3.05, 3.63) is 69.1 Å². The van der Waals surface area contributed by atoms with Crippen molar-refractivity contribution in [1.82, 2.24) is 10.3 Å². The number of aliphatic hydroxyl groups excluding tert-OH is 3. The number of hydrogen-bond donors (Lipinski definition) is 5. The highest BCUT2D eigenvalue weighted by molar-refractivity contribution is 14.1. The zero-order valence-electron chi connectivity index (χ0n) is 20.2. The average Bonchev–Trinajstić information content (AvgIpc) is 2.85. The number of nitrogens with zero attached hydrogens (tertiary/aromatic N) is 1. The molecule has 194 valence electrons. The first kappa shape index (κ1) is 29.5. The fourth-order valence-electron chi connectivity index (χ4n) is 3.35. The van der Waals surface area contributed by atoms with Crippen molar-refractivity contribution in [2.24, 2.45) is 5.84 Å². The Morgan fingerprint density at radius 3 is 2.31 bits per heavy atom. The van der Waals surface area contributed by atoms with E-state index >= 15 is 0 Å². The molecular formula is C25H35ClIN3O5. The van der Waals surface area contributed by atoms with Crippen LogP contribution in [0, 0.1) is 3.57 Å². The van der Waals surface area contributed by atoms with Gasteiger partial charge < -0.3 is 35.1 Å². The normalized spacial score (nSPS) is 13.8. The summed E-state index contributed by atoms with van der Waals surface area (Å²) in [5.41, 5.74) is 2.41. The van der Waals surface area contributed by atoms with Crippen molar-refractivity contribution < 1.29 is 24.8 Å². The van der Waals surface area contributed by atoms with Crippen LogP contribution in [0.5, 0.6) is 11.5 Å². The van der Waals surface area contributed by atoms with E-state index in [1.54, 1.807) is 13.2 Å². The number of hydrogen-bond acceptors (Lipinski definition) is 8. The Balaban J connectivity index is 2.00. The van der Waals surface area contributed by atoms with Crippen LogP contribution in [-0.2, 0) is 5.41 Å². The van der Waals surface area contributed by atoms with Crippen LogP contribution in [0.4, 0.5) is 0 Å². The monoisotopic (exact) mass is 619 g/mol. The number of nitrogens with one attached hydrogen (secondary N) is 1. The topological polar surface area (TPSA) is 120 Å². The zero-order valence-corrected chi connectivity index (χ0v) is 23.2. The van der Waals surface area contributed by atoms with Crippen LogP contribution in [0.25, 0.3) is 0 Å². The molecule has 0 aliphatic heterocycles. The maximum Gasteiger partial charge on any atom is 0.132 e. The van der Waals surface area contributed by atoms with Crippen LogP contribution in [-0.4, -0.2) is 71.8 Å². The van der Waals surface area contributed by atoms with E-state index < -0.39 is 12.2 Å². The van der Waals surface area contributed by atoms with Gasteiger partial charge in [-0.15, -0.1) is 11.6 Å². The van der Waals surface area contributed by atoms with Gasteiger partial charge in [0, 0.05) is 18.7 Å². The minimum atomic E-state index is -0.837. The van der Waals surface area contributed by atoms with Crippen LogP contribution in [0.2, 0.25) is 0 Å². The fourth-order valence-corrected chi connectivity index (χ4v) is 4.11. The first-order chi connectivity index (χ1) is 16.6. The van der Waals surface area contributed by atoms with Crippen molar-refractivity contribution in [2.75, 3.05) is 39.3 Å². The molecule has 8 nitrogen and oxygen atoms in total. The average molecular weight is 620 g/mol. The van der Waals surface area contributed by atoms with Gasteiger partial charge in [0.15, 0.2) is 0 Å². The quantitative estimate of drug-likeness (QED) is 0.0948. The molecule has 0 bridgehead atoms. The molecule has 2 atom stereocenters. The Hall–Kier alpha value is -1.76. The molecule has 0 aliphatic carbocycles. The summed E-state index contributed by atoms with van der Waals surface area (Å²) in [6.07, 6.45) is 0.0333. The number of nitrogens with two attached hydrogens (primary N) is 1. The molecule has 6 N–H and O–H groups in total. The van der Waals surface area contributed by atoms with Gasteiger partial charge >= 0.3 is 0 Å². The lowest BCUT2D eigenvalue weighted by atomic mass is 9.78. The van der Waals surface area contributed by atoms with E-state index in [4.69, 9.17) is 26.9 Å². The first-order valence-electron chi connectivity index (χ1n) is 11.2. The lowest BCUT2D eigenvalue weighted by Gasteiger charge is -2.27. The van der Waals surface area contributed by atoms with Crippen LogP contribution < -0.4 is 20.6 Å². The summed E-state index contributed by atoms with van der Waals surface area (Å²) < 4.78 is 12.4. The summed E-state index contributed by atoms with van der Waals surface area (Å²) in [7, 11) is 1.70. The summed E-state index contributed by atoms with van der Waals surface area (Å²) in [6, 6.07) is 13.8. The summed E-state index contributed by atoms with van der Waals surface area (Å²) in [5, 5.41) is 33.3. The van der Waals surface area contributed by atoms with E-state index in [1.807, 2.05) is 36.4 Å². The van der Waals surface area contributed by atoms with Crippen molar-refractivity contribution in [2.45, 2.75) is 31.5 Å². The molecule has 0 amide bonds. The second-order valence-electron chi connectivity index (χ2n) is 8.61.